The number of hydrogen-bond donors (Lipinski definition) is 0. The number of ketones is 1. The van der Waals surface area contributed by atoms with Gasteiger partial charge in [-0.25, -0.2) is 0 Å². The average molecular weight is 417 g/mol. The number of benzene rings is 2. The number of carbonyl (C=O) groups is 3. The summed E-state index contributed by atoms with van der Waals surface area (Å²) in [5, 5.41) is 0.557. The third kappa shape index (κ3) is 3.90. The number of methoxy groups -OCH3 is 1. The smallest absolute Gasteiger partial charge is 0.325 e. The fraction of sp³-hybridized carbons (Fsp3) is 0.200. The number of hydrogen-bond acceptors (Lipinski definition) is 5. The largest absolute Gasteiger partial charge is 0.468 e. The highest BCUT2D eigenvalue weighted by Crippen LogP contribution is 2.27. The quantitative estimate of drug-likeness (QED) is 0.479. The molecule has 0 fully saturated rings. The second-order valence-electron chi connectivity index (χ2n) is 6.12. The number of esters is 1. The number of halogens is 1. The van der Waals surface area contributed by atoms with Crippen LogP contribution in [0.25, 0.3) is 10.2 Å². The van der Waals surface area contributed by atoms with Gasteiger partial charge in [0.15, 0.2) is 10.6 Å². The van der Waals surface area contributed by atoms with Crippen molar-refractivity contribution >= 4 is 50.8 Å². The molecule has 0 spiro atoms. The third-order valence-corrected chi connectivity index (χ3v) is 5.73. The molecule has 0 bridgehead atoms. The first kappa shape index (κ1) is 20.0. The Hall–Kier alpha value is -2.77. The van der Waals surface area contributed by atoms with Crippen LogP contribution >= 0.6 is 22.9 Å². The van der Waals surface area contributed by atoms with Crippen LogP contribution in [-0.4, -0.2) is 29.3 Å². The van der Waals surface area contributed by atoms with E-state index >= 15 is 0 Å². The van der Waals surface area contributed by atoms with Gasteiger partial charge >= 0.3 is 5.97 Å². The van der Waals surface area contributed by atoms with Gasteiger partial charge in [-0.2, -0.15) is 4.99 Å². The van der Waals surface area contributed by atoms with Gasteiger partial charge in [-0.05, 0) is 43.7 Å². The van der Waals surface area contributed by atoms with Crippen LogP contribution in [0.2, 0.25) is 5.02 Å². The SMILES string of the molecule is COC(=O)Cn1c(=NC(=O)c2ccc(C(C)=O)cc2)sc2ccc(Cl)c(C)c21. The van der Waals surface area contributed by atoms with Crippen LogP contribution in [-0.2, 0) is 16.1 Å². The van der Waals surface area contributed by atoms with Crippen molar-refractivity contribution in [2.75, 3.05) is 7.11 Å². The van der Waals surface area contributed by atoms with E-state index in [-0.39, 0.29) is 12.3 Å². The van der Waals surface area contributed by atoms with Crippen LogP contribution in [0, 0.1) is 6.92 Å². The summed E-state index contributed by atoms with van der Waals surface area (Å²) < 4.78 is 7.26. The fourth-order valence-corrected chi connectivity index (χ4v) is 3.98. The van der Waals surface area contributed by atoms with Crippen molar-refractivity contribution in [3.8, 4) is 0 Å². The Morgan fingerprint density at radius 3 is 2.36 bits per heavy atom. The highest BCUT2D eigenvalue weighted by molar-refractivity contribution is 7.16. The monoisotopic (exact) mass is 416 g/mol. The maximum absolute atomic E-state index is 12.6. The second kappa shape index (κ2) is 8.08. The molecule has 0 unspecified atom stereocenters. The van der Waals surface area contributed by atoms with Crippen molar-refractivity contribution in [2.45, 2.75) is 20.4 Å². The van der Waals surface area contributed by atoms with Crippen molar-refractivity contribution in [3.05, 3.63) is 62.9 Å². The number of aryl methyl sites for hydroxylation is 1. The van der Waals surface area contributed by atoms with Crippen LogP contribution in [0.5, 0.6) is 0 Å². The molecule has 0 saturated heterocycles. The van der Waals surface area contributed by atoms with E-state index in [0.717, 1.165) is 15.8 Å². The van der Waals surface area contributed by atoms with E-state index in [1.54, 1.807) is 34.9 Å². The predicted molar refractivity (Wildman–Crippen MR) is 108 cm³/mol. The second-order valence-corrected chi connectivity index (χ2v) is 7.53. The molecule has 0 N–H and O–H groups in total. The van der Waals surface area contributed by atoms with Crippen LogP contribution in [0.4, 0.5) is 0 Å². The molecule has 144 valence electrons. The van der Waals surface area contributed by atoms with Crippen LogP contribution in [0.3, 0.4) is 0 Å². The molecular weight excluding hydrogens is 400 g/mol. The van der Waals surface area contributed by atoms with Gasteiger partial charge in [-0.3, -0.25) is 14.4 Å². The van der Waals surface area contributed by atoms with Gasteiger partial charge < -0.3 is 9.30 Å². The van der Waals surface area contributed by atoms with Gasteiger partial charge in [0.05, 0.1) is 17.3 Å². The van der Waals surface area contributed by atoms with E-state index in [2.05, 4.69) is 4.99 Å². The van der Waals surface area contributed by atoms with Crippen molar-refractivity contribution < 1.29 is 19.1 Å². The van der Waals surface area contributed by atoms with Gasteiger partial charge in [0.1, 0.15) is 6.54 Å². The predicted octanol–water partition coefficient (Wildman–Crippen LogP) is 3.78. The zero-order valence-corrected chi connectivity index (χ0v) is 17.1. The van der Waals surface area contributed by atoms with Gasteiger partial charge in [-0.15, -0.1) is 0 Å². The standard InChI is InChI=1S/C20H17ClN2O4S/c1-11-15(21)8-9-16-18(11)23(10-17(25)27-3)20(28-16)22-19(26)14-6-4-13(5-7-14)12(2)24/h4-9H,10H2,1-3H3. The lowest BCUT2D eigenvalue weighted by molar-refractivity contribution is -0.141. The zero-order chi connectivity index (χ0) is 20.4. The molecule has 2 aromatic carbocycles. The molecule has 0 atom stereocenters. The molecule has 1 heterocycles. The van der Waals surface area contributed by atoms with Crippen molar-refractivity contribution in [2.24, 2.45) is 4.99 Å². The summed E-state index contributed by atoms with van der Waals surface area (Å²) in [4.78, 5) is 40.5. The molecule has 6 nitrogen and oxygen atoms in total. The fourth-order valence-electron chi connectivity index (χ4n) is 2.74. The van der Waals surface area contributed by atoms with E-state index in [1.165, 1.54) is 25.4 Å². The highest BCUT2D eigenvalue weighted by Gasteiger charge is 2.15. The summed E-state index contributed by atoms with van der Waals surface area (Å²) in [7, 11) is 1.30. The van der Waals surface area contributed by atoms with E-state index in [4.69, 9.17) is 16.3 Å². The normalized spacial score (nSPS) is 11.6. The van der Waals surface area contributed by atoms with Gasteiger partial charge in [0.2, 0.25) is 0 Å². The molecule has 1 amide bonds. The number of carbonyl (C=O) groups excluding carboxylic acids is 3. The molecule has 3 aromatic rings. The summed E-state index contributed by atoms with van der Waals surface area (Å²) in [6, 6.07) is 9.88. The van der Waals surface area contributed by atoms with Crippen LogP contribution in [0.1, 0.15) is 33.2 Å². The Kier molecular flexibility index (Phi) is 5.76. The maximum atomic E-state index is 12.6. The first-order valence-corrected chi connectivity index (χ1v) is 9.56. The Balaban J connectivity index is 2.14. The summed E-state index contributed by atoms with van der Waals surface area (Å²) in [6.07, 6.45) is 0. The van der Waals surface area contributed by atoms with E-state index in [1.807, 2.05) is 13.0 Å². The molecular formula is C20H17ClN2O4S. The van der Waals surface area contributed by atoms with E-state index in [0.29, 0.717) is 21.0 Å². The zero-order valence-electron chi connectivity index (χ0n) is 15.5. The molecule has 0 radical (unpaired) electrons. The first-order valence-electron chi connectivity index (χ1n) is 8.37. The summed E-state index contributed by atoms with van der Waals surface area (Å²) in [6.45, 7) is 3.21. The van der Waals surface area contributed by atoms with E-state index < -0.39 is 11.9 Å². The Morgan fingerprint density at radius 1 is 1.11 bits per heavy atom. The lowest BCUT2D eigenvalue weighted by atomic mass is 10.1. The number of Topliss-reactive ketones (excluding diaryl/α,β-unsaturated/α-hetero) is 1. The molecule has 3 rings (SSSR count). The van der Waals surface area contributed by atoms with Crippen LogP contribution in [0.15, 0.2) is 41.4 Å². The lowest BCUT2D eigenvalue weighted by Crippen LogP contribution is -2.22. The third-order valence-electron chi connectivity index (χ3n) is 4.28. The number of rotatable bonds is 4. The number of ether oxygens (including phenoxy) is 1. The Bertz CT molecular complexity index is 1160. The number of amides is 1. The summed E-state index contributed by atoms with van der Waals surface area (Å²) in [5.74, 6) is -1.01. The molecule has 0 aliphatic rings. The topological polar surface area (TPSA) is 77.7 Å². The number of aromatic nitrogens is 1. The molecule has 0 saturated carbocycles. The highest BCUT2D eigenvalue weighted by atomic mass is 35.5. The number of thiazole rings is 1. The van der Waals surface area contributed by atoms with Gasteiger partial charge in [0, 0.05) is 16.1 Å². The van der Waals surface area contributed by atoms with Crippen molar-refractivity contribution in [1.29, 1.82) is 0 Å². The number of fused-ring (bicyclic) bond motifs is 1. The Morgan fingerprint density at radius 2 is 1.75 bits per heavy atom. The molecule has 0 aliphatic heterocycles. The average Bonchev–Trinajstić information content (AvgIpc) is 3.02. The molecule has 0 aliphatic carbocycles. The minimum atomic E-state index is -0.468. The summed E-state index contributed by atoms with van der Waals surface area (Å²) >= 11 is 7.52. The van der Waals surface area contributed by atoms with Gasteiger partial charge in [-0.1, -0.05) is 35.1 Å². The minimum Gasteiger partial charge on any atom is -0.468 e. The summed E-state index contributed by atoms with van der Waals surface area (Å²) in [5.41, 5.74) is 2.40. The minimum absolute atomic E-state index is 0.0799. The van der Waals surface area contributed by atoms with E-state index in [9.17, 15) is 14.4 Å². The van der Waals surface area contributed by atoms with Crippen molar-refractivity contribution in [1.82, 2.24) is 4.57 Å². The van der Waals surface area contributed by atoms with Crippen molar-refractivity contribution in [3.63, 3.8) is 0 Å². The first-order chi connectivity index (χ1) is 13.3. The molecule has 1 aromatic heterocycles. The molecule has 8 heteroatoms. The Labute approximate surface area is 170 Å². The lowest BCUT2D eigenvalue weighted by Gasteiger charge is -2.07. The van der Waals surface area contributed by atoms with Crippen LogP contribution < -0.4 is 4.80 Å². The molecule has 28 heavy (non-hydrogen) atoms. The van der Waals surface area contributed by atoms with Gasteiger partial charge in [0.25, 0.3) is 5.91 Å². The maximum Gasteiger partial charge on any atom is 0.325 e. The number of nitrogens with zero attached hydrogens (tertiary/aromatic N) is 2.